The molecule has 1 unspecified atom stereocenters. The van der Waals surface area contributed by atoms with Gasteiger partial charge >= 0.3 is 0 Å². The van der Waals surface area contributed by atoms with Crippen molar-refractivity contribution < 1.29 is 0 Å². The molecule has 110 valence electrons. The molecule has 3 nitrogen and oxygen atoms in total. The first kappa shape index (κ1) is 14.0. The fourth-order valence-electron chi connectivity index (χ4n) is 2.96. The topological polar surface area (TPSA) is 37.8 Å². The van der Waals surface area contributed by atoms with E-state index in [4.69, 9.17) is 4.98 Å². The van der Waals surface area contributed by atoms with Gasteiger partial charge in [-0.25, -0.2) is 9.97 Å². The zero-order chi connectivity index (χ0) is 13.9. The van der Waals surface area contributed by atoms with Crippen LogP contribution in [-0.2, 0) is 19.3 Å². The first-order valence-electron chi connectivity index (χ1n) is 8.27. The Kier molecular flexibility index (Phi) is 4.35. The van der Waals surface area contributed by atoms with E-state index < -0.39 is 0 Å². The fourth-order valence-corrected chi connectivity index (χ4v) is 2.96. The minimum atomic E-state index is 0.729. The number of fused-ring (bicyclic) bond motifs is 1. The zero-order valence-electron chi connectivity index (χ0n) is 12.9. The molecule has 0 saturated heterocycles. The molecule has 3 rings (SSSR count). The lowest BCUT2D eigenvalue weighted by Gasteiger charge is -2.24. The number of hydrogen-bond donors (Lipinski definition) is 1. The van der Waals surface area contributed by atoms with Crippen LogP contribution in [0.1, 0.15) is 56.6 Å². The molecule has 0 spiro atoms. The molecule has 1 atom stereocenters. The highest BCUT2D eigenvalue weighted by Crippen LogP contribution is 2.25. The van der Waals surface area contributed by atoms with Crippen molar-refractivity contribution in [2.45, 2.75) is 64.8 Å². The molecule has 3 heteroatoms. The molecule has 0 aromatic carbocycles. The molecule has 20 heavy (non-hydrogen) atoms. The molecule has 1 aromatic rings. The summed E-state index contributed by atoms with van der Waals surface area (Å²) in [4.78, 5) is 9.37. The Morgan fingerprint density at radius 2 is 2.15 bits per heavy atom. The average molecular weight is 273 g/mol. The van der Waals surface area contributed by atoms with Crippen LogP contribution in [0.25, 0.3) is 0 Å². The van der Waals surface area contributed by atoms with Crippen molar-refractivity contribution in [2.24, 2.45) is 11.8 Å². The number of aromatic nitrogens is 2. The number of rotatable bonds is 6. The van der Waals surface area contributed by atoms with Crippen molar-refractivity contribution >= 4 is 0 Å². The van der Waals surface area contributed by atoms with Gasteiger partial charge in [-0.2, -0.15) is 0 Å². The Balaban J connectivity index is 1.56. The van der Waals surface area contributed by atoms with E-state index in [-0.39, 0.29) is 0 Å². The Labute approximate surface area is 122 Å². The molecule has 1 aromatic heterocycles. The van der Waals surface area contributed by atoms with Gasteiger partial charge in [0.15, 0.2) is 0 Å². The molecule has 1 N–H and O–H groups in total. The summed E-state index contributed by atoms with van der Waals surface area (Å²) in [6, 6.07) is 0.825. The Morgan fingerprint density at radius 3 is 2.90 bits per heavy atom. The number of hydrogen-bond acceptors (Lipinski definition) is 3. The molecular weight excluding hydrogens is 246 g/mol. The van der Waals surface area contributed by atoms with Gasteiger partial charge in [0, 0.05) is 24.4 Å². The van der Waals surface area contributed by atoms with E-state index in [0.717, 1.165) is 36.5 Å². The first-order chi connectivity index (χ1) is 9.70. The van der Waals surface area contributed by atoms with Crippen LogP contribution in [-0.4, -0.2) is 22.6 Å². The lowest BCUT2D eigenvalue weighted by molar-refractivity contribution is 0.417. The standard InChI is InChI=1S/C17H27N3/c1-12(2)3-8-17-19-11-14-9-13(4-7-16(14)20-17)10-18-15-5-6-15/h11-13,15,18H,3-10H2,1-2H3. The Hall–Kier alpha value is -0.960. The predicted molar refractivity (Wildman–Crippen MR) is 81.7 cm³/mol. The summed E-state index contributed by atoms with van der Waals surface area (Å²) < 4.78 is 0. The highest BCUT2D eigenvalue weighted by Gasteiger charge is 2.24. The van der Waals surface area contributed by atoms with Crippen LogP contribution in [0.4, 0.5) is 0 Å². The quantitative estimate of drug-likeness (QED) is 0.866. The van der Waals surface area contributed by atoms with Gasteiger partial charge < -0.3 is 5.32 Å². The van der Waals surface area contributed by atoms with Gasteiger partial charge in [-0.15, -0.1) is 0 Å². The van der Waals surface area contributed by atoms with Crippen LogP contribution in [0.15, 0.2) is 6.20 Å². The van der Waals surface area contributed by atoms with Gasteiger partial charge in [0.05, 0.1) is 0 Å². The molecule has 0 bridgehead atoms. The van der Waals surface area contributed by atoms with E-state index in [9.17, 15) is 0 Å². The van der Waals surface area contributed by atoms with Crippen LogP contribution in [0, 0.1) is 11.8 Å². The van der Waals surface area contributed by atoms with E-state index in [0.29, 0.717) is 0 Å². The second-order valence-electron chi connectivity index (χ2n) is 6.98. The monoisotopic (exact) mass is 273 g/mol. The van der Waals surface area contributed by atoms with E-state index in [1.165, 1.54) is 49.9 Å². The summed E-state index contributed by atoms with van der Waals surface area (Å²) >= 11 is 0. The summed E-state index contributed by atoms with van der Waals surface area (Å²) in [6.07, 6.45) is 10.7. The lowest BCUT2D eigenvalue weighted by Crippen LogP contribution is -2.29. The number of nitrogens with zero attached hydrogens (tertiary/aromatic N) is 2. The van der Waals surface area contributed by atoms with Crippen molar-refractivity contribution in [1.29, 1.82) is 0 Å². The molecule has 0 aliphatic heterocycles. The van der Waals surface area contributed by atoms with Crippen LogP contribution >= 0.6 is 0 Å². The second kappa shape index (κ2) is 6.21. The molecule has 0 radical (unpaired) electrons. The summed E-state index contributed by atoms with van der Waals surface area (Å²) in [5.41, 5.74) is 2.72. The van der Waals surface area contributed by atoms with Crippen molar-refractivity contribution in [3.63, 3.8) is 0 Å². The summed E-state index contributed by atoms with van der Waals surface area (Å²) in [5, 5.41) is 3.66. The molecular formula is C17H27N3. The third-order valence-corrected chi connectivity index (χ3v) is 4.52. The lowest BCUT2D eigenvalue weighted by atomic mass is 9.87. The maximum Gasteiger partial charge on any atom is 0.128 e. The fraction of sp³-hybridized carbons (Fsp3) is 0.765. The van der Waals surface area contributed by atoms with Crippen molar-refractivity contribution in [3.05, 3.63) is 23.3 Å². The summed E-state index contributed by atoms with van der Waals surface area (Å²) in [6.45, 7) is 5.70. The van der Waals surface area contributed by atoms with Gasteiger partial charge in [-0.1, -0.05) is 13.8 Å². The highest BCUT2D eigenvalue weighted by atomic mass is 14.9. The summed E-state index contributed by atoms with van der Waals surface area (Å²) in [7, 11) is 0. The van der Waals surface area contributed by atoms with Crippen LogP contribution < -0.4 is 5.32 Å². The average Bonchev–Trinajstić information content (AvgIpc) is 3.26. The van der Waals surface area contributed by atoms with Gasteiger partial charge in [0.1, 0.15) is 5.82 Å². The van der Waals surface area contributed by atoms with E-state index in [2.05, 4.69) is 30.3 Å². The van der Waals surface area contributed by atoms with Crippen LogP contribution in [0.3, 0.4) is 0 Å². The Bertz CT molecular complexity index is 452. The maximum atomic E-state index is 4.80. The van der Waals surface area contributed by atoms with Gasteiger partial charge in [0.2, 0.25) is 0 Å². The molecule has 1 fully saturated rings. The minimum absolute atomic E-state index is 0.729. The number of nitrogens with one attached hydrogen (secondary N) is 1. The van der Waals surface area contributed by atoms with Gasteiger partial charge in [0.25, 0.3) is 0 Å². The Morgan fingerprint density at radius 1 is 1.30 bits per heavy atom. The number of aryl methyl sites for hydroxylation is 2. The molecule has 0 amide bonds. The third-order valence-electron chi connectivity index (χ3n) is 4.52. The minimum Gasteiger partial charge on any atom is -0.314 e. The van der Waals surface area contributed by atoms with Crippen LogP contribution in [0.5, 0.6) is 0 Å². The van der Waals surface area contributed by atoms with E-state index in [1.54, 1.807) is 0 Å². The molecule has 1 heterocycles. The van der Waals surface area contributed by atoms with E-state index in [1.807, 2.05) is 0 Å². The van der Waals surface area contributed by atoms with Gasteiger partial charge in [-0.05, 0) is 62.5 Å². The van der Waals surface area contributed by atoms with Crippen molar-refractivity contribution in [1.82, 2.24) is 15.3 Å². The highest BCUT2D eigenvalue weighted by molar-refractivity contribution is 5.21. The molecule has 1 saturated carbocycles. The normalized spacial score (nSPS) is 22.1. The maximum absolute atomic E-state index is 4.80. The zero-order valence-corrected chi connectivity index (χ0v) is 12.9. The SMILES string of the molecule is CC(C)CCc1ncc2c(n1)CCC(CNC1CC1)C2. The first-order valence-corrected chi connectivity index (χ1v) is 8.27. The van der Waals surface area contributed by atoms with Crippen molar-refractivity contribution in [2.75, 3.05) is 6.54 Å². The molecule has 2 aliphatic carbocycles. The van der Waals surface area contributed by atoms with Gasteiger partial charge in [-0.3, -0.25) is 0 Å². The second-order valence-corrected chi connectivity index (χ2v) is 6.98. The van der Waals surface area contributed by atoms with E-state index >= 15 is 0 Å². The largest absolute Gasteiger partial charge is 0.314 e. The third kappa shape index (κ3) is 3.78. The van der Waals surface area contributed by atoms with Crippen LogP contribution in [0.2, 0.25) is 0 Å². The predicted octanol–water partition coefficient (Wildman–Crippen LogP) is 2.92. The molecule has 2 aliphatic rings. The summed E-state index contributed by atoms with van der Waals surface area (Å²) in [5.74, 6) is 2.56. The van der Waals surface area contributed by atoms with Crippen molar-refractivity contribution in [3.8, 4) is 0 Å². The smallest absolute Gasteiger partial charge is 0.128 e.